The molecule has 0 fully saturated rings. The molecule has 0 aliphatic rings. The minimum Gasteiger partial charge on any atom is -0.493 e. The van der Waals surface area contributed by atoms with Crippen LogP contribution < -0.4 is 9.47 Å². The van der Waals surface area contributed by atoms with E-state index >= 15 is 0 Å². The van der Waals surface area contributed by atoms with Crippen LogP contribution >= 0.6 is 38.9 Å². The first-order valence-electron chi connectivity index (χ1n) is 5.26. The number of methoxy groups -OCH3 is 2. The van der Waals surface area contributed by atoms with Crippen molar-refractivity contribution in [3.8, 4) is 11.5 Å². The van der Waals surface area contributed by atoms with Crippen LogP contribution in [-0.2, 0) is 0 Å². The minimum absolute atomic E-state index is 0.0600. The molecular formula is C13H12BrClO2S. The molecule has 0 bridgehead atoms. The van der Waals surface area contributed by atoms with Crippen molar-refractivity contribution in [3.05, 3.63) is 45.1 Å². The van der Waals surface area contributed by atoms with Crippen molar-refractivity contribution in [2.45, 2.75) is 4.83 Å². The van der Waals surface area contributed by atoms with Crippen molar-refractivity contribution in [1.82, 2.24) is 0 Å². The number of ether oxygens (including phenoxy) is 2. The fourth-order valence-corrected chi connectivity index (χ4v) is 3.80. The molecule has 96 valence electrons. The number of alkyl halides is 1. The highest BCUT2D eigenvalue weighted by atomic mass is 79.9. The lowest BCUT2D eigenvalue weighted by Crippen LogP contribution is -1.95. The Morgan fingerprint density at radius 3 is 2.44 bits per heavy atom. The first-order valence-corrected chi connectivity index (χ1v) is 7.43. The first-order chi connectivity index (χ1) is 8.67. The van der Waals surface area contributed by atoms with Gasteiger partial charge in [-0.25, -0.2) is 0 Å². The Balaban J connectivity index is 2.37. The van der Waals surface area contributed by atoms with Crippen molar-refractivity contribution in [2.24, 2.45) is 0 Å². The summed E-state index contributed by atoms with van der Waals surface area (Å²) in [5, 5.41) is 2.75. The van der Waals surface area contributed by atoms with Gasteiger partial charge in [0.2, 0.25) is 0 Å². The highest BCUT2D eigenvalue weighted by Crippen LogP contribution is 2.41. The molecule has 5 heteroatoms. The Morgan fingerprint density at radius 2 is 1.89 bits per heavy atom. The minimum atomic E-state index is 0.0600. The summed E-state index contributed by atoms with van der Waals surface area (Å²) >= 11 is 11.4. The van der Waals surface area contributed by atoms with E-state index in [1.165, 1.54) is 0 Å². The molecule has 0 saturated heterocycles. The topological polar surface area (TPSA) is 18.5 Å². The molecule has 18 heavy (non-hydrogen) atoms. The Kier molecular flexibility index (Phi) is 4.54. The molecule has 1 heterocycles. The van der Waals surface area contributed by atoms with Crippen LogP contribution in [0.5, 0.6) is 11.5 Å². The molecule has 0 aliphatic heterocycles. The fourth-order valence-electron chi connectivity index (χ4n) is 1.65. The SMILES string of the molecule is COc1ccc(C(Br)c2sccc2Cl)cc1OC. The summed E-state index contributed by atoms with van der Waals surface area (Å²) in [4.78, 5) is 1.15. The third kappa shape index (κ3) is 2.66. The number of thiophene rings is 1. The summed E-state index contributed by atoms with van der Waals surface area (Å²) in [5.41, 5.74) is 1.08. The van der Waals surface area contributed by atoms with Crippen LogP contribution in [0.25, 0.3) is 0 Å². The van der Waals surface area contributed by atoms with Gasteiger partial charge in [0.25, 0.3) is 0 Å². The highest BCUT2D eigenvalue weighted by molar-refractivity contribution is 9.09. The van der Waals surface area contributed by atoms with Gasteiger partial charge in [-0.05, 0) is 29.1 Å². The molecule has 2 aromatic rings. The number of hydrogen-bond acceptors (Lipinski definition) is 3. The number of rotatable bonds is 4. The van der Waals surface area contributed by atoms with Gasteiger partial charge in [0.1, 0.15) is 0 Å². The van der Waals surface area contributed by atoms with Gasteiger partial charge in [-0.2, -0.15) is 0 Å². The Hall–Kier alpha value is -0.710. The standard InChI is InChI=1S/C13H12BrClO2S/c1-16-10-4-3-8(7-11(10)17-2)12(14)13-9(15)5-6-18-13/h3-7,12H,1-2H3. The zero-order valence-corrected chi connectivity index (χ0v) is 13.1. The third-order valence-corrected chi connectivity index (χ3v) is 5.29. The van der Waals surface area contributed by atoms with Crippen LogP contribution in [0.15, 0.2) is 29.6 Å². The van der Waals surface area contributed by atoms with E-state index in [0.29, 0.717) is 5.75 Å². The zero-order chi connectivity index (χ0) is 13.1. The second-order valence-corrected chi connectivity index (χ2v) is 5.88. The monoisotopic (exact) mass is 346 g/mol. The maximum Gasteiger partial charge on any atom is 0.161 e. The van der Waals surface area contributed by atoms with Gasteiger partial charge in [0.15, 0.2) is 11.5 Å². The molecular weight excluding hydrogens is 336 g/mol. The maximum atomic E-state index is 6.14. The Bertz CT molecular complexity index is 542. The van der Waals surface area contributed by atoms with Crippen molar-refractivity contribution in [1.29, 1.82) is 0 Å². The van der Waals surface area contributed by atoms with Crippen LogP contribution in [0.1, 0.15) is 15.3 Å². The van der Waals surface area contributed by atoms with Gasteiger partial charge in [0.05, 0.1) is 24.1 Å². The fraction of sp³-hybridized carbons (Fsp3) is 0.231. The number of halogens is 2. The molecule has 1 aromatic carbocycles. The lowest BCUT2D eigenvalue weighted by atomic mass is 10.1. The predicted molar refractivity (Wildman–Crippen MR) is 79.6 cm³/mol. The molecule has 0 aliphatic carbocycles. The van der Waals surface area contributed by atoms with Gasteiger partial charge >= 0.3 is 0 Å². The summed E-state index contributed by atoms with van der Waals surface area (Å²) < 4.78 is 10.5. The van der Waals surface area contributed by atoms with Gasteiger partial charge in [-0.3, -0.25) is 0 Å². The van der Waals surface area contributed by atoms with E-state index in [1.54, 1.807) is 25.6 Å². The van der Waals surface area contributed by atoms with Crippen molar-refractivity contribution < 1.29 is 9.47 Å². The van der Waals surface area contributed by atoms with Gasteiger partial charge in [0, 0.05) is 4.88 Å². The van der Waals surface area contributed by atoms with E-state index in [1.807, 2.05) is 29.6 Å². The normalized spacial score (nSPS) is 12.2. The van der Waals surface area contributed by atoms with Crippen LogP contribution in [0.3, 0.4) is 0 Å². The van der Waals surface area contributed by atoms with Crippen LogP contribution in [0.4, 0.5) is 0 Å². The second-order valence-electron chi connectivity index (χ2n) is 3.61. The molecule has 1 atom stereocenters. The molecule has 2 rings (SSSR count). The van der Waals surface area contributed by atoms with E-state index in [0.717, 1.165) is 21.2 Å². The summed E-state index contributed by atoms with van der Waals surface area (Å²) in [5.74, 6) is 1.44. The van der Waals surface area contributed by atoms with Crippen LogP contribution in [-0.4, -0.2) is 14.2 Å². The molecule has 1 aromatic heterocycles. The van der Waals surface area contributed by atoms with E-state index in [9.17, 15) is 0 Å². The van der Waals surface area contributed by atoms with Gasteiger partial charge < -0.3 is 9.47 Å². The highest BCUT2D eigenvalue weighted by Gasteiger charge is 2.17. The van der Waals surface area contributed by atoms with Crippen molar-refractivity contribution in [2.75, 3.05) is 14.2 Å². The number of hydrogen-bond donors (Lipinski definition) is 0. The molecule has 0 radical (unpaired) electrons. The summed E-state index contributed by atoms with van der Waals surface area (Å²) in [6, 6.07) is 7.74. The number of benzene rings is 1. The summed E-state index contributed by atoms with van der Waals surface area (Å²) in [7, 11) is 3.25. The van der Waals surface area contributed by atoms with E-state index < -0.39 is 0 Å². The first kappa shape index (κ1) is 13.7. The maximum absolute atomic E-state index is 6.14. The summed E-state index contributed by atoms with van der Waals surface area (Å²) in [6.45, 7) is 0. The lowest BCUT2D eigenvalue weighted by molar-refractivity contribution is 0.354. The zero-order valence-electron chi connectivity index (χ0n) is 9.94. The van der Waals surface area contributed by atoms with Crippen molar-refractivity contribution in [3.63, 3.8) is 0 Å². The van der Waals surface area contributed by atoms with E-state index in [4.69, 9.17) is 21.1 Å². The second kappa shape index (κ2) is 5.95. The molecule has 0 N–H and O–H groups in total. The Morgan fingerprint density at radius 1 is 1.17 bits per heavy atom. The van der Waals surface area contributed by atoms with E-state index in [-0.39, 0.29) is 4.83 Å². The van der Waals surface area contributed by atoms with E-state index in [2.05, 4.69) is 15.9 Å². The largest absolute Gasteiger partial charge is 0.493 e. The van der Waals surface area contributed by atoms with Crippen LogP contribution in [0, 0.1) is 0 Å². The molecule has 0 spiro atoms. The smallest absolute Gasteiger partial charge is 0.161 e. The Labute approximate surface area is 124 Å². The molecule has 0 saturated carbocycles. The van der Waals surface area contributed by atoms with Gasteiger partial charge in [-0.15, -0.1) is 11.3 Å². The summed E-state index contributed by atoms with van der Waals surface area (Å²) in [6.07, 6.45) is 0. The molecule has 1 unspecified atom stereocenters. The average Bonchev–Trinajstić information content (AvgIpc) is 2.83. The van der Waals surface area contributed by atoms with Gasteiger partial charge in [-0.1, -0.05) is 33.6 Å². The molecule has 2 nitrogen and oxygen atoms in total. The molecule has 0 amide bonds. The van der Waals surface area contributed by atoms with Crippen molar-refractivity contribution >= 4 is 38.9 Å². The average molecular weight is 348 g/mol. The lowest BCUT2D eigenvalue weighted by Gasteiger charge is -2.13. The quantitative estimate of drug-likeness (QED) is 0.732. The predicted octanol–water partition coefficient (Wildman–Crippen LogP) is 4.90. The van der Waals surface area contributed by atoms with Crippen LogP contribution in [0.2, 0.25) is 5.02 Å². The third-order valence-electron chi connectivity index (χ3n) is 2.58.